The van der Waals surface area contributed by atoms with Crippen molar-refractivity contribution >= 4 is 5.91 Å². The normalized spacial score (nSPS) is 28.0. The van der Waals surface area contributed by atoms with Crippen LogP contribution in [-0.4, -0.2) is 193 Å². The van der Waals surface area contributed by atoms with Crippen LogP contribution in [-0.2, 0) is 33.2 Å². The fraction of sp³-hybridized carbons (Fsp3) is 0.958. The number of allylic oxidation sites excluding steroid dienone is 1. The van der Waals surface area contributed by atoms with Crippen LogP contribution < -0.4 is 5.32 Å². The lowest BCUT2D eigenvalue weighted by Crippen LogP contribution is -2.66. The highest BCUT2D eigenvalue weighted by Gasteiger charge is 2.53. The van der Waals surface area contributed by atoms with Gasteiger partial charge in [-0.3, -0.25) is 4.79 Å². The van der Waals surface area contributed by atoms with E-state index >= 15 is 0 Å². The zero-order valence-electron chi connectivity index (χ0n) is 56.4. The van der Waals surface area contributed by atoms with E-state index in [9.17, 15) is 61.0 Å². The van der Waals surface area contributed by atoms with E-state index < -0.39 is 124 Å². The molecule has 0 saturated carbocycles. The molecule has 0 aliphatic carbocycles. The molecule has 532 valence electrons. The van der Waals surface area contributed by atoms with Gasteiger partial charge in [0.25, 0.3) is 0 Å². The number of amides is 1. The Balaban J connectivity index is 1.36. The molecule has 1 amide bonds. The standard InChI is InChI=1S/C71H135NO18/c1-3-5-7-9-11-13-15-17-18-19-20-21-22-23-24-25-26-27-28-29-30-31-32-33-34-35-37-38-40-42-44-46-48-55(76)54(72-59(77)49-47-45-43-41-39-36-16-14-12-10-8-6-4-2)53-85-69-65(83)62(80)67(57(51-74)87-69)90-71-66(84)63(81)68(58(52-75)88-71)89-70-64(82)61(79)60(78)56(50-73)86-70/h46,48,54-58,60-71,73-76,78-84H,3-45,47,49-53H2,1-2H3,(H,72,77)/b48-46+. The third-order valence-corrected chi connectivity index (χ3v) is 18.8. The molecular weight excluding hydrogens is 1150 g/mol. The molecule has 3 rings (SSSR count). The highest BCUT2D eigenvalue weighted by Crippen LogP contribution is 2.33. The monoisotopic (exact) mass is 1290 g/mol. The number of carbonyl (C=O) groups is 1. The van der Waals surface area contributed by atoms with Gasteiger partial charge in [-0.2, -0.15) is 0 Å². The fourth-order valence-electron chi connectivity index (χ4n) is 12.8. The Morgan fingerprint density at radius 1 is 0.389 bits per heavy atom. The average Bonchev–Trinajstić information content (AvgIpc) is 0.853. The van der Waals surface area contributed by atoms with Crippen molar-refractivity contribution in [2.24, 2.45) is 0 Å². The number of carbonyl (C=O) groups excluding carboxylic acids is 1. The lowest BCUT2D eigenvalue weighted by atomic mass is 9.96. The molecule has 3 aliphatic rings. The van der Waals surface area contributed by atoms with Gasteiger partial charge in [-0.15, -0.1) is 0 Å². The second-order valence-electron chi connectivity index (χ2n) is 26.8. The van der Waals surface area contributed by atoms with E-state index in [-0.39, 0.29) is 18.9 Å². The van der Waals surface area contributed by atoms with Crippen LogP contribution >= 0.6 is 0 Å². The summed E-state index contributed by atoms with van der Waals surface area (Å²) in [6, 6.07) is -0.968. The quantitative estimate of drug-likeness (QED) is 0.0199. The molecule has 3 aliphatic heterocycles. The summed E-state index contributed by atoms with van der Waals surface area (Å²) in [5.74, 6) is -0.271. The molecule has 0 aromatic rings. The molecule has 3 saturated heterocycles. The number of nitrogens with one attached hydrogen (secondary N) is 1. The van der Waals surface area contributed by atoms with Gasteiger partial charge in [0.15, 0.2) is 18.9 Å². The van der Waals surface area contributed by atoms with E-state index in [1.165, 1.54) is 231 Å². The second kappa shape index (κ2) is 53.6. The molecule has 0 aromatic heterocycles. The zero-order chi connectivity index (χ0) is 65.4. The van der Waals surface area contributed by atoms with E-state index in [1.807, 2.05) is 6.08 Å². The van der Waals surface area contributed by atoms with Crippen LogP contribution in [0.15, 0.2) is 12.2 Å². The van der Waals surface area contributed by atoms with Crippen LogP contribution in [0.25, 0.3) is 0 Å². The Morgan fingerprint density at radius 3 is 1.04 bits per heavy atom. The summed E-state index contributed by atoms with van der Waals surface area (Å²) in [6.07, 6.45) is 33.6. The number of aliphatic hydroxyl groups is 11. The summed E-state index contributed by atoms with van der Waals surface area (Å²) >= 11 is 0. The molecule has 3 fully saturated rings. The number of hydrogen-bond donors (Lipinski definition) is 12. The molecular formula is C71H135NO18. The first-order valence-electron chi connectivity index (χ1n) is 36.9. The van der Waals surface area contributed by atoms with Crippen LogP contribution in [0.3, 0.4) is 0 Å². The van der Waals surface area contributed by atoms with Gasteiger partial charge in [0.05, 0.1) is 38.6 Å². The van der Waals surface area contributed by atoms with Crippen LogP contribution in [0.1, 0.15) is 303 Å². The number of unbranched alkanes of at least 4 members (excludes halogenated alkanes) is 42. The fourth-order valence-corrected chi connectivity index (χ4v) is 12.8. The van der Waals surface area contributed by atoms with Gasteiger partial charge >= 0.3 is 0 Å². The van der Waals surface area contributed by atoms with Crippen LogP contribution in [0.4, 0.5) is 0 Å². The summed E-state index contributed by atoms with van der Waals surface area (Å²) in [4.78, 5) is 13.4. The van der Waals surface area contributed by atoms with Crippen LogP contribution in [0.5, 0.6) is 0 Å². The molecule has 0 spiro atoms. The van der Waals surface area contributed by atoms with Crippen molar-refractivity contribution in [2.75, 3.05) is 26.4 Å². The van der Waals surface area contributed by atoms with Gasteiger partial charge in [0.1, 0.15) is 73.2 Å². The van der Waals surface area contributed by atoms with Crippen molar-refractivity contribution < 1.29 is 89.4 Å². The van der Waals surface area contributed by atoms with E-state index in [1.54, 1.807) is 6.08 Å². The number of aliphatic hydroxyl groups excluding tert-OH is 11. The molecule has 17 unspecified atom stereocenters. The summed E-state index contributed by atoms with van der Waals surface area (Å²) in [5.41, 5.74) is 0. The summed E-state index contributed by atoms with van der Waals surface area (Å²) in [5, 5.41) is 120. The Bertz CT molecular complexity index is 1680. The first-order chi connectivity index (χ1) is 43.8. The molecule has 17 atom stereocenters. The topological polar surface area (TPSA) is 307 Å². The van der Waals surface area contributed by atoms with Crippen LogP contribution in [0.2, 0.25) is 0 Å². The van der Waals surface area contributed by atoms with Crippen LogP contribution in [0, 0.1) is 0 Å². The molecule has 19 heteroatoms. The highest BCUT2D eigenvalue weighted by molar-refractivity contribution is 5.76. The van der Waals surface area contributed by atoms with E-state index in [2.05, 4.69) is 19.2 Å². The molecule has 12 N–H and O–H groups in total. The maximum atomic E-state index is 13.4. The lowest BCUT2D eigenvalue weighted by Gasteiger charge is -2.48. The minimum absolute atomic E-state index is 0.249. The first kappa shape index (κ1) is 82.8. The Labute approximate surface area is 544 Å². The summed E-state index contributed by atoms with van der Waals surface area (Å²) < 4.78 is 34.4. The third-order valence-electron chi connectivity index (χ3n) is 18.8. The Kier molecular flexibility index (Phi) is 49.3. The van der Waals surface area contributed by atoms with Crippen molar-refractivity contribution in [1.82, 2.24) is 5.32 Å². The van der Waals surface area contributed by atoms with Crippen molar-refractivity contribution in [3.8, 4) is 0 Å². The SMILES string of the molecule is CCCCCCCCCCCCCCCCCCCCCCCCCCCCCCCC/C=C/C(O)C(COC1OC(CO)C(OC2OC(CO)C(OC3OC(CO)C(O)C(O)C3O)C(O)C2O)C(O)C1O)NC(=O)CCCCCCCCCCCCCCC. The predicted molar refractivity (Wildman–Crippen MR) is 351 cm³/mol. The van der Waals surface area contributed by atoms with Gasteiger partial charge in [-0.05, 0) is 19.3 Å². The highest BCUT2D eigenvalue weighted by atomic mass is 16.8. The number of hydrogen-bond acceptors (Lipinski definition) is 18. The van der Waals surface area contributed by atoms with E-state index in [0.717, 1.165) is 44.9 Å². The molecule has 0 bridgehead atoms. The van der Waals surface area contributed by atoms with Gasteiger partial charge in [0.2, 0.25) is 5.91 Å². The van der Waals surface area contributed by atoms with Gasteiger partial charge in [0, 0.05) is 6.42 Å². The minimum Gasteiger partial charge on any atom is -0.394 e. The predicted octanol–water partition coefficient (Wildman–Crippen LogP) is 10.4. The third kappa shape index (κ3) is 35.0. The summed E-state index contributed by atoms with van der Waals surface area (Å²) in [7, 11) is 0. The lowest BCUT2D eigenvalue weighted by molar-refractivity contribution is -0.379. The van der Waals surface area contributed by atoms with Gasteiger partial charge in [-0.25, -0.2) is 0 Å². The molecule has 90 heavy (non-hydrogen) atoms. The maximum absolute atomic E-state index is 13.4. The Hall–Kier alpha value is -1.47. The maximum Gasteiger partial charge on any atom is 0.220 e. The number of ether oxygens (including phenoxy) is 6. The van der Waals surface area contributed by atoms with Gasteiger partial charge < -0.3 is 89.9 Å². The molecule has 0 aromatic carbocycles. The van der Waals surface area contributed by atoms with Crippen molar-refractivity contribution in [3.63, 3.8) is 0 Å². The zero-order valence-corrected chi connectivity index (χ0v) is 56.4. The minimum atomic E-state index is -1.98. The van der Waals surface area contributed by atoms with Gasteiger partial charge in [-0.1, -0.05) is 289 Å². The van der Waals surface area contributed by atoms with E-state index in [0.29, 0.717) is 6.42 Å². The van der Waals surface area contributed by atoms with E-state index in [4.69, 9.17) is 28.4 Å². The van der Waals surface area contributed by atoms with Crippen molar-refractivity contribution in [3.05, 3.63) is 12.2 Å². The molecule has 0 radical (unpaired) electrons. The molecule has 19 nitrogen and oxygen atoms in total. The second-order valence-corrected chi connectivity index (χ2v) is 26.8. The number of rotatable bonds is 58. The molecule has 3 heterocycles. The van der Waals surface area contributed by atoms with Crippen molar-refractivity contribution in [2.45, 2.75) is 407 Å². The summed E-state index contributed by atoms with van der Waals surface area (Å²) in [6.45, 7) is 1.76. The smallest absolute Gasteiger partial charge is 0.220 e. The Morgan fingerprint density at radius 2 is 0.689 bits per heavy atom. The largest absolute Gasteiger partial charge is 0.394 e. The first-order valence-corrected chi connectivity index (χ1v) is 36.9. The van der Waals surface area contributed by atoms with Crippen molar-refractivity contribution in [1.29, 1.82) is 0 Å². The average molecular weight is 1290 g/mol.